The summed E-state index contributed by atoms with van der Waals surface area (Å²) in [5.41, 5.74) is 2.84. The normalized spacial score (nSPS) is 13.0. The van der Waals surface area contributed by atoms with Gasteiger partial charge in [-0.25, -0.2) is 4.79 Å². The molecule has 160 valence electrons. The number of hydrogen-bond donors (Lipinski definition) is 2. The first-order chi connectivity index (χ1) is 15.1. The summed E-state index contributed by atoms with van der Waals surface area (Å²) in [6, 6.07) is 16.3. The third-order valence-electron chi connectivity index (χ3n) is 5.11. The van der Waals surface area contributed by atoms with Crippen LogP contribution >= 0.6 is 0 Å². The van der Waals surface area contributed by atoms with Gasteiger partial charge < -0.3 is 25.0 Å². The number of hydrogen-bond acceptors (Lipinski definition) is 6. The lowest BCUT2D eigenvalue weighted by molar-refractivity contribution is 0.262. The molecule has 2 aromatic carbocycles. The van der Waals surface area contributed by atoms with Gasteiger partial charge in [0, 0.05) is 48.2 Å². The molecular weight excluding hydrogens is 394 g/mol. The van der Waals surface area contributed by atoms with Crippen molar-refractivity contribution in [3.8, 4) is 22.8 Å². The van der Waals surface area contributed by atoms with E-state index in [4.69, 9.17) is 9.47 Å². The Kier molecular flexibility index (Phi) is 6.16. The molecule has 0 saturated carbocycles. The summed E-state index contributed by atoms with van der Waals surface area (Å²) in [6.07, 6.45) is 2.39. The summed E-state index contributed by atoms with van der Waals surface area (Å²) in [7, 11) is 3.12. The minimum Gasteiger partial charge on any atom is -0.497 e. The van der Waals surface area contributed by atoms with Crippen LogP contribution in [0.25, 0.3) is 11.3 Å². The minimum absolute atomic E-state index is 0.372. The van der Waals surface area contributed by atoms with E-state index in [1.54, 1.807) is 32.4 Å². The summed E-state index contributed by atoms with van der Waals surface area (Å²) in [4.78, 5) is 14.7. The zero-order valence-electron chi connectivity index (χ0n) is 17.6. The summed E-state index contributed by atoms with van der Waals surface area (Å²) in [6.45, 7) is 2.06. The summed E-state index contributed by atoms with van der Waals surface area (Å²) >= 11 is 0. The highest BCUT2D eigenvalue weighted by Crippen LogP contribution is 2.26. The SMILES string of the molecule is COc1cc(NC(=O)Nc2cccc(-c3ccc(N4CCCC4)nn3)c2)cc(OC)c1. The van der Waals surface area contributed by atoms with Crippen molar-refractivity contribution in [3.05, 3.63) is 54.6 Å². The largest absolute Gasteiger partial charge is 0.497 e. The Morgan fingerprint density at radius 3 is 2.23 bits per heavy atom. The first-order valence-corrected chi connectivity index (χ1v) is 10.1. The molecule has 0 bridgehead atoms. The van der Waals surface area contributed by atoms with Crippen molar-refractivity contribution in [2.24, 2.45) is 0 Å². The molecule has 0 radical (unpaired) electrons. The number of rotatable bonds is 6. The highest BCUT2D eigenvalue weighted by molar-refractivity contribution is 6.00. The Labute approximate surface area is 181 Å². The quantitative estimate of drug-likeness (QED) is 0.615. The van der Waals surface area contributed by atoms with Crippen molar-refractivity contribution in [1.82, 2.24) is 10.2 Å². The third-order valence-corrected chi connectivity index (χ3v) is 5.11. The van der Waals surface area contributed by atoms with Crippen molar-refractivity contribution in [1.29, 1.82) is 0 Å². The molecular formula is C23H25N5O3. The van der Waals surface area contributed by atoms with Gasteiger partial charge in [0.2, 0.25) is 0 Å². The predicted octanol–water partition coefficient (Wildman–Crippen LogP) is 4.41. The zero-order valence-corrected chi connectivity index (χ0v) is 17.6. The van der Waals surface area contributed by atoms with Crippen molar-refractivity contribution in [2.45, 2.75) is 12.8 Å². The molecule has 8 nitrogen and oxygen atoms in total. The van der Waals surface area contributed by atoms with Gasteiger partial charge in [0.25, 0.3) is 0 Å². The van der Waals surface area contributed by atoms with Crippen LogP contribution in [0.1, 0.15) is 12.8 Å². The molecule has 2 amide bonds. The van der Waals surface area contributed by atoms with E-state index in [2.05, 4.69) is 25.7 Å². The maximum absolute atomic E-state index is 12.5. The second-order valence-electron chi connectivity index (χ2n) is 7.23. The second kappa shape index (κ2) is 9.34. The number of anilines is 3. The van der Waals surface area contributed by atoms with E-state index in [0.717, 1.165) is 30.2 Å². The van der Waals surface area contributed by atoms with Crippen LogP contribution in [-0.2, 0) is 0 Å². The van der Waals surface area contributed by atoms with Crippen LogP contribution in [0.2, 0.25) is 0 Å². The minimum atomic E-state index is -0.372. The van der Waals surface area contributed by atoms with Crippen molar-refractivity contribution in [2.75, 3.05) is 42.8 Å². The van der Waals surface area contributed by atoms with Crippen LogP contribution in [0, 0.1) is 0 Å². The van der Waals surface area contributed by atoms with E-state index in [-0.39, 0.29) is 6.03 Å². The Morgan fingerprint density at radius 1 is 0.871 bits per heavy atom. The number of carbonyl (C=O) groups is 1. The van der Waals surface area contributed by atoms with Crippen molar-refractivity contribution >= 4 is 23.2 Å². The number of methoxy groups -OCH3 is 2. The zero-order chi connectivity index (χ0) is 21.6. The number of nitrogens with zero attached hydrogens (tertiary/aromatic N) is 3. The highest BCUT2D eigenvalue weighted by atomic mass is 16.5. The number of aromatic nitrogens is 2. The standard InChI is InChI=1S/C23H25N5O3/c1-30-19-13-18(14-20(15-19)31-2)25-23(29)24-17-7-5-6-16(12-17)21-8-9-22(27-26-21)28-10-3-4-11-28/h5-9,12-15H,3-4,10-11H2,1-2H3,(H2,24,25,29). The van der Waals surface area contributed by atoms with Crippen LogP contribution in [-0.4, -0.2) is 43.5 Å². The molecule has 1 aliphatic rings. The van der Waals surface area contributed by atoms with Gasteiger partial charge in [-0.1, -0.05) is 12.1 Å². The van der Waals surface area contributed by atoms with Gasteiger partial charge in [0.15, 0.2) is 5.82 Å². The Morgan fingerprint density at radius 2 is 1.58 bits per heavy atom. The number of benzene rings is 2. The smallest absolute Gasteiger partial charge is 0.323 e. The second-order valence-corrected chi connectivity index (χ2v) is 7.23. The number of carbonyl (C=O) groups excluding carboxylic acids is 1. The maximum atomic E-state index is 12.5. The number of nitrogens with one attached hydrogen (secondary N) is 2. The van der Waals surface area contributed by atoms with Crippen LogP contribution < -0.4 is 25.0 Å². The molecule has 2 N–H and O–H groups in total. The number of ether oxygens (including phenoxy) is 2. The van der Waals surface area contributed by atoms with Crippen molar-refractivity contribution < 1.29 is 14.3 Å². The lowest BCUT2D eigenvalue weighted by Gasteiger charge is -2.15. The lowest BCUT2D eigenvalue weighted by atomic mass is 10.1. The van der Waals surface area contributed by atoms with Gasteiger partial charge in [-0.2, -0.15) is 0 Å². The number of amides is 2. The van der Waals surface area contributed by atoms with E-state index < -0.39 is 0 Å². The molecule has 0 atom stereocenters. The number of urea groups is 1. The van der Waals surface area contributed by atoms with E-state index in [1.807, 2.05) is 36.4 Å². The van der Waals surface area contributed by atoms with Crippen LogP contribution in [0.15, 0.2) is 54.6 Å². The van der Waals surface area contributed by atoms with E-state index >= 15 is 0 Å². The molecule has 1 aromatic heterocycles. The summed E-state index contributed by atoms with van der Waals surface area (Å²) in [5, 5.41) is 14.4. The van der Waals surface area contributed by atoms with E-state index in [0.29, 0.717) is 22.9 Å². The average Bonchev–Trinajstić information content (AvgIpc) is 3.34. The fourth-order valence-corrected chi connectivity index (χ4v) is 3.52. The predicted molar refractivity (Wildman–Crippen MR) is 121 cm³/mol. The van der Waals surface area contributed by atoms with Gasteiger partial charge in [-0.15, -0.1) is 10.2 Å². The van der Waals surface area contributed by atoms with Crippen LogP contribution in [0.4, 0.5) is 22.0 Å². The topological polar surface area (TPSA) is 88.6 Å². The Hall–Kier alpha value is -3.81. The average molecular weight is 419 g/mol. The summed E-state index contributed by atoms with van der Waals surface area (Å²) in [5.74, 6) is 2.09. The molecule has 1 fully saturated rings. The molecule has 2 heterocycles. The molecule has 0 aliphatic carbocycles. The Bertz CT molecular complexity index is 1030. The van der Waals surface area contributed by atoms with E-state index in [1.165, 1.54) is 12.8 Å². The molecule has 31 heavy (non-hydrogen) atoms. The molecule has 8 heteroatoms. The fourth-order valence-electron chi connectivity index (χ4n) is 3.52. The van der Waals surface area contributed by atoms with Crippen molar-refractivity contribution in [3.63, 3.8) is 0 Å². The molecule has 1 saturated heterocycles. The van der Waals surface area contributed by atoms with E-state index in [9.17, 15) is 4.79 Å². The van der Waals surface area contributed by atoms with Crippen LogP contribution in [0.3, 0.4) is 0 Å². The highest BCUT2D eigenvalue weighted by Gasteiger charge is 2.14. The first kappa shape index (κ1) is 20.5. The van der Waals surface area contributed by atoms with Gasteiger partial charge in [0.05, 0.1) is 19.9 Å². The van der Waals surface area contributed by atoms with Gasteiger partial charge in [-0.3, -0.25) is 0 Å². The molecule has 1 aliphatic heterocycles. The Balaban J connectivity index is 1.44. The molecule has 0 unspecified atom stereocenters. The lowest BCUT2D eigenvalue weighted by Crippen LogP contribution is -2.19. The van der Waals surface area contributed by atoms with Gasteiger partial charge in [-0.05, 0) is 37.1 Å². The van der Waals surface area contributed by atoms with Crippen LogP contribution in [0.5, 0.6) is 11.5 Å². The van der Waals surface area contributed by atoms with Gasteiger partial charge >= 0.3 is 6.03 Å². The fraction of sp³-hybridized carbons (Fsp3) is 0.261. The van der Waals surface area contributed by atoms with Gasteiger partial charge in [0.1, 0.15) is 11.5 Å². The monoisotopic (exact) mass is 419 g/mol. The molecule has 4 rings (SSSR count). The maximum Gasteiger partial charge on any atom is 0.323 e. The molecule has 3 aromatic rings. The summed E-state index contributed by atoms with van der Waals surface area (Å²) < 4.78 is 10.5. The molecule has 0 spiro atoms. The first-order valence-electron chi connectivity index (χ1n) is 10.1. The third kappa shape index (κ3) is 5.03.